The molecule has 1 fully saturated rings. The van der Waals surface area contributed by atoms with Gasteiger partial charge in [0.1, 0.15) is 48.0 Å². The number of hydrogen-bond acceptors (Lipinski definition) is 14. The average Bonchev–Trinajstić information content (AvgIpc) is 2.50. The van der Waals surface area contributed by atoms with E-state index in [-0.39, 0.29) is 101 Å². The normalized spacial score (nSPS) is 15.5. The SMILES string of the molecule is CCCN(C(=O)[C@H](CCCN=C(N)N)NC(=O)[C@H](CC(C)C)NC(=O)[C@@H](Cc1c[nH]c2ccccc12)NC(=O)[C@H](Cc1ccc(O)cc1)NC(=O)[C@H](CO)NC(=O)[C@H](Cc1c[nH]c2ccccc12)NC(=O)[C@@H](N)Cc1cnc[nH]1)C(=O)[C@@H]1CCC(=O)N1CC. The molecule has 1 saturated heterocycles. The fourth-order valence-corrected chi connectivity index (χ4v) is 10.9. The molecule has 8 atom stereocenters. The molecule has 0 bridgehead atoms. The van der Waals surface area contributed by atoms with Gasteiger partial charge in [0.05, 0.1) is 19.0 Å². The van der Waals surface area contributed by atoms with Crippen molar-refractivity contribution in [3.63, 3.8) is 0 Å². The first-order chi connectivity index (χ1) is 42.7. The Morgan fingerprint density at radius 2 is 1.22 bits per heavy atom. The summed E-state index contributed by atoms with van der Waals surface area (Å²) < 4.78 is 0. The number of carbonyl (C=O) groups is 9. The molecule has 476 valence electrons. The van der Waals surface area contributed by atoms with Crippen molar-refractivity contribution < 1.29 is 53.4 Å². The van der Waals surface area contributed by atoms with Crippen LogP contribution in [0.5, 0.6) is 5.75 Å². The van der Waals surface area contributed by atoms with Gasteiger partial charge in [-0.2, -0.15) is 0 Å². The van der Waals surface area contributed by atoms with Crippen LogP contribution < -0.4 is 49.1 Å². The number of nitrogens with one attached hydrogen (secondary N) is 9. The summed E-state index contributed by atoms with van der Waals surface area (Å²) in [4.78, 5) is 149. The molecule has 0 aliphatic carbocycles. The molecule has 0 spiro atoms. The number of fused-ring (bicyclic) bond motifs is 2. The molecule has 1 aliphatic rings. The third kappa shape index (κ3) is 18.2. The Balaban J connectivity index is 1.15. The number of amides is 9. The van der Waals surface area contributed by atoms with Gasteiger partial charge in [0.15, 0.2) is 5.96 Å². The van der Waals surface area contributed by atoms with Crippen molar-refractivity contribution in [1.29, 1.82) is 0 Å². The van der Waals surface area contributed by atoms with Crippen LogP contribution >= 0.6 is 0 Å². The van der Waals surface area contributed by atoms with Gasteiger partial charge in [-0.25, -0.2) is 4.98 Å². The van der Waals surface area contributed by atoms with Crippen molar-refractivity contribution in [2.24, 2.45) is 28.1 Å². The number of likely N-dealkylation sites (tertiary alicyclic amines) is 1. The molecule has 27 nitrogen and oxygen atoms in total. The first-order valence-corrected chi connectivity index (χ1v) is 29.9. The van der Waals surface area contributed by atoms with E-state index in [1.165, 1.54) is 41.7 Å². The monoisotopic (exact) mass is 1230 g/mol. The lowest BCUT2D eigenvalue weighted by Gasteiger charge is -2.32. The number of aliphatic hydroxyl groups excluding tert-OH is 1. The summed E-state index contributed by atoms with van der Waals surface area (Å²) in [5.41, 5.74) is 21.2. The molecule has 3 aromatic carbocycles. The number of aliphatic imine (C=N–C) groups is 1. The number of aromatic amines is 3. The molecule has 9 amide bonds. The van der Waals surface area contributed by atoms with Crippen molar-refractivity contribution >= 4 is 80.9 Å². The fourth-order valence-electron chi connectivity index (χ4n) is 10.9. The summed E-state index contributed by atoms with van der Waals surface area (Å²) >= 11 is 0. The first-order valence-electron chi connectivity index (χ1n) is 29.9. The Bertz CT molecular complexity index is 3450. The molecule has 3 aromatic heterocycles. The highest BCUT2D eigenvalue weighted by molar-refractivity contribution is 6.04. The van der Waals surface area contributed by atoms with Gasteiger partial charge in [-0.1, -0.05) is 69.3 Å². The Hall–Kier alpha value is -9.63. The van der Waals surface area contributed by atoms with E-state index in [9.17, 15) is 43.8 Å². The van der Waals surface area contributed by atoms with Crippen LogP contribution in [-0.2, 0) is 68.8 Å². The third-order valence-electron chi connectivity index (χ3n) is 15.5. The molecule has 6 aromatic rings. The second-order valence-corrected chi connectivity index (χ2v) is 22.6. The van der Waals surface area contributed by atoms with Gasteiger partial charge in [0.25, 0.3) is 11.8 Å². The maximum Gasteiger partial charge on any atom is 0.252 e. The van der Waals surface area contributed by atoms with Crippen molar-refractivity contribution in [3.8, 4) is 5.75 Å². The standard InChI is InChI=1S/C62H82N16O11/c1-5-24-78(61(89)52-21-22-53(81)77(52)6-2)60(88)46(16-11-23-67-62(64)65)71-55(83)47(25-35(3)4)73-57(85)50(28-38-31-69-45-15-10-8-13-42(38)45)75-56(84)48(26-36-17-19-40(80)20-18-36)74-59(87)51(33-79)76-58(86)49(27-37-30-68-44-14-9-7-12-41(37)44)72-54(82)43(63)29-39-32-66-34-70-39/h7-10,12-15,17-20,30-32,34-35,43,46-52,68-69,79-80H,5-6,11,16,21-29,33,63H2,1-4H3,(H,66,70)(H,71,83)(H,72,82)(H,73,85)(H,74,87)(H,75,84)(H,76,86)(H4,64,65,67)/t43-,46-,47-,48-,49-,50+,51-,52-/m0/s1. The van der Waals surface area contributed by atoms with Crippen LogP contribution in [-0.4, -0.2) is 174 Å². The molecular formula is C62H82N16O11. The Morgan fingerprint density at radius 3 is 1.76 bits per heavy atom. The molecule has 17 N–H and O–H groups in total. The predicted molar refractivity (Wildman–Crippen MR) is 332 cm³/mol. The largest absolute Gasteiger partial charge is 0.508 e. The number of imide groups is 1. The van der Waals surface area contributed by atoms with Crippen molar-refractivity contribution in [3.05, 3.63) is 120 Å². The van der Waals surface area contributed by atoms with Crippen LogP contribution in [0.15, 0.2) is 103 Å². The second-order valence-electron chi connectivity index (χ2n) is 22.6. The first kappa shape index (κ1) is 66.9. The van der Waals surface area contributed by atoms with Gasteiger partial charge in [-0.3, -0.25) is 53.0 Å². The Morgan fingerprint density at radius 1 is 0.697 bits per heavy atom. The zero-order valence-corrected chi connectivity index (χ0v) is 50.4. The molecule has 89 heavy (non-hydrogen) atoms. The van der Waals surface area contributed by atoms with Crippen molar-refractivity contribution in [2.75, 3.05) is 26.2 Å². The summed E-state index contributed by atoms with van der Waals surface area (Å²) in [5.74, 6) is -7.17. The Labute approximate surface area is 514 Å². The fraction of sp³-hybridized carbons (Fsp3) is 0.435. The molecule has 7 rings (SSSR count). The smallest absolute Gasteiger partial charge is 0.252 e. The average molecular weight is 1230 g/mol. The Kier molecular flexibility index (Phi) is 23.9. The van der Waals surface area contributed by atoms with Crippen LogP contribution in [0.1, 0.15) is 88.6 Å². The third-order valence-corrected chi connectivity index (χ3v) is 15.5. The zero-order valence-electron chi connectivity index (χ0n) is 50.4. The van der Waals surface area contributed by atoms with E-state index in [4.69, 9.17) is 17.2 Å². The van der Waals surface area contributed by atoms with E-state index in [0.717, 1.165) is 15.8 Å². The van der Waals surface area contributed by atoms with Gasteiger partial charge < -0.3 is 79.2 Å². The van der Waals surface area contributed by atoms with Crippen LogP contribution in [0.4, 0.5) is 0 Å². The highest BCUT2D eigenvalue weighted by Crippen LogP contribution is 2.24. The number of guanidine groups is 1. The molecule has 27 heteroatoms. The van der Waals surface area contributed by atoms with Gasteiger partial charge in [0.2, 0.25) is 41.4 Å². The minimum atomic E-state index is -1.72. The number of nitrogens with zero attached hydrogens (tertiary/aromatic N) is 4. The number of para-hydroxylation sites is 2. The maximum atomic E-state index is 15.1. The number of H-pyrrole nitrogens is 3. The number of aromatic nitrogens is 4. The molecule has 0 radical (unpaired) electrons. The number of benzene rings is 3. The van der Waals surface area contributed by atoms with Gasteiger partial charge in [-0.05, 0) is 85.9 Å². The second kappa shape index (κ2) is 31.8. The number of hydrogen-bond donors (Lipinski definition) is 14. The van der Waals surface area contributed by atoms with Crippen LogP contribution in [0.2, 0.25) is 0 Å². The maximum absolute atomic E-state index is 15.1. The van der Waals surface area contributed by atoms with Gasteiger partial charge in [0, 0.05) is 97.8 Å². The summed E-state index contributed by atoms with van der Waals surface area (Å²) in [6.07, 6.45) is 6.76. The molecule has 0 unspecified atom stereocenters. The highest BCUT2D eigenvalue weighted by Gasteiger charge is 2.42. The predicted octanol–water partition coefficient (Wildman–Crippen LogP) is 0.453. The van der Waals surface area contributed by atoms with Gasteiger partial charge in [-0.15, -0.1) is 0 Å². The van der Waals surface area contributed by atoms with Crippen LogP contribution in [0, 0.1) is 5.92 Å². The number of nitrogens with two attached hydrogens (primary N) is 3. The minimum absolute atomic E-state index is 0.0124. The zero-order chi connectivity index (χ0) is 64.3. The van der Waals surface area contributed by atoms with E-state index in [1.54, 1.807) is 32.3 Å². The summed E-state index contributed by atoms with van der Waals surface area (Å²) in [5, 5.41) is 38.8. The summed E-state index contributed by atoms with van der Waals surface area (Å²) in [7, 11) is 0. The number of carbonyl (C=O) groups excluding carboxylic acids is 9. The number of phenolic OH excluding ortho intramolecular Hbond substituents is 1. The van der Waals surface area contributed by atoms with Crippen LogP contribution in [0.3, 0.4) is 0 Å². The quantitative estimate of drug-likeness (QED) is 0.0155. The highest BCUT2D eigenvalue weighted by atomic mass is 16.3. The molecular weight excluding hydrogens is 1140 g/mol. The van der Waals surface area contributed by atoms with Crippen LogP contribution in [0.25, 0.3) is 21.8 Å². The summed E-state index contributed by atoms with van der Waals surface area (Å²) in [6, 6.07) is 9.57. The topological polar surface area (TPSA) is 423 Å². The molecule has 0 saturated carbocycles. The number of phenols is 1. The molecule has 1 aliphatic heterocycles. The van der Waals surface area contributed by atoms with Gasteiger partial charge >= 0.3 is 0 Å². The van der Waals surface area contributed by atoms with E-state index < -0.39 is 102 Å². The van der Waals surface area contributed by atoms with Crippen molar-refractivity contribution in [2.45, 2.75) is 140 Å². The van der Waals surface area contributed by atoms with E-state index in [0.29, 0.717) is 39.7 Å². The minimum Gasteiger partial charge on any atom is -0.508 e. The number of aromatic hydroxyl groups is 1. The summed E-state index contributed by atoms with van der Waals surface area (Å²) in [6.45, 7) is 6.50. The number of likely N-dealkylation sites (N-methyl/N-ethyl adjacent to an activating group) is 1. The van der Waals surface area contributed by atoms with E-state index in [2.05, 4.69) is 56.8 Å². The lowest BCUT2D eigenvalue weighted by molar-refractivity contribution is -0.152. The number of aliphatic hydroxyl groups is 1. The van der Waals surface area contributed by atoms with E-state index in [1.807, 2.05) is 56.3 Å². The number of imidazole rings is 1. The molecule has 4 heterocycles. The van der Waals surface area contributed by atoms with E-state index >= 15 is 9.59 Å². The lowest BCUT2D eigenvalue weighted by atomic mass is 9.99. The lowest BCUT2D eigenvalue weighted by Crippen LogP contribution is -2.61. The van der Waals surface area contributed by atoms with Crippen molar-refractivity contribution in [1.82, 2.24) is 61.6 Å². The number of rotatable bonds is 32.